The maximum atomic E-state index is 11.4. The largest absolute Gasteiger partial charge is 2.00 e. The summed E-state index contributed by atoms with van der Waals surface area (Å²) < 4.78 is 218. The fourth-order valence-corrected chi connectivity index (χ4v) is 3.85. The summed E-state index contributed by atoms with van der Waals surface area (Å²) in [5.41, 5.74) is -24.8. The first kappa shape index (κ1) is 35.0. The maximum Gasteiger partial charge on any atom is 2.00 e. The van der Waals surface area contributed by atoms with Crippen LogP contribution >= 0.6 is 0 Å². The Labute approximate surface area is 173 Å². The van der Waals surface area contributed by atoms with Gasteiger partial charge in [0.2, 0.25) is 0 Å². The molecule has 0 fully saturated rings. The van der Waals surface area contributed by atoms with Crippen molar-refractivity contribution in [2.45, 2.75) is 22.0 Å². The van der Waals surface area contributed by atoms with Crippen molar-refractivity contribution < 1.29 is 103 Å². The summed E-state index contributed by atoms with van der Waals surface area (Å²) in [5, 5.41) is 0. The SMILES string of the molecule is O=S(=O)([N-]S(=O)(=O)C(F)(F)F)C(F)(F)F.O=S(=O)([N-]S(=O)(=O)C(F)(F)F)C(F)(F)F.[Co+2]. The second kappa shape index (κ2) is 9.71. The Morgan fingerprint density at radius 2 is 0.452 bits per heavy atom. The van der Waals surface area contributed by atoms with Crippen LogP contribution in [0.4, 0.5) is 52.7 Å². The summed E-state index contributed by atoms with van der Waals surface area (Å²) in [4.78, 5) is 0. The molecule has 0 unspecified atom stereocenters. The third-order valence-corrected chi connectivity index (χ3v) is 7.04. The van der Waals surface area contributed by atoms with E-state index in [2.05, 4.69) is 0 Å². The molecule has 0 aromatic rings. The molecule has 0 aromatic carbocycles. The molecule has 0 saturated heterocycles. The van der Waals surface area contributed by atoms with Crippen molar-refractivity contribution in [1.82, 2.24) is 0 Å². The second-order valence-corrected chi connectivity index (χ2v) is 10.7. The van der Waals surface area contributed by atoms with Crippen LogP contribution in [0.2, 0.25) is 0 Å². The molecular weight excluding hydrogens is 619 g/mol. The van der Waals surface area contributed by atoms with Crippen LogP contribution in [0, 0.1) is 0 Å². The van der Waals surface area contributed by atoms with E-state index in [1.165, 1.54) is 0 Å². The third kappa shape index (κ3) is 9.82. The van der Waals surface area contributed by atoms with Gasteiger partial charge >= 0.3 is 38.8 Å². The molecule has 0 N–H and O–H groups in total. The summed E-state index contributed by atoms with van der Waals surface area (Å²) >= 11 is 0. The molecule has 0 aliphatic heterocycles. The van der Waals surface area contributed by atoms with E-state index in [9.17, 15) is 86.4 Å². The zero-order chi connectivity index (χ0) is 25.4. The molecule has 191 valence electrons. The fourth-order valence-electron chi connectivity index (χ4n) is 0.427. The van der Waals surface area contributed by atoms with Crippen LogP contribution < -0.4 is 0 Å². The van der Waals surface area contributed by atoms with E-state index in [0.29, 0.717) is 0 Å². The monoisotopic (exact) mass is 619 g/mol. The molecule has 0 heterocycles. The number of hydrogen-bond acceptors (Lipinski definition) is 8. The Morgan fingerprint density at radius 1 is 0.355 bits per heavy atom. The van der Waals surface area contributed by atoms with Crippen molar-refractivity contribution in [2.24, 2.45) is 0 Å². The number of rotatable bonds is 4. The van der Waals surface area contributed by atoms with Gasteiger partial charge in [-0.1, -0.05) is 0 Å². The number of hydrogen-bond donors (Lipinski definition) is 0. The smallest absolute Gasteiger partial charge is 0.421 e. The molecule has 0 aromatic heterocycles. The van der Waals surface area contributed by atoms with E-state index in [1.54, 1.807) is 0 Å². The van der Waals surface area contributed by atoms with E-state index >= 15 is 0 Å². The van der Waals surface area contributed by atoms with Crippen LogP contribution in [-0.2, 0) is 56.9 Å². The summed E-state index contributed by atoms with van der Waals surface area (Å²) in [6, 6.07) is 0. The molecule has 1 radical (unpaired) electrons. The Kier molecular flexibility index (Phi) is 11.0. The van der Waals surface area contributed by atoms with Crippen molar-refractivity contribution >= 4 is 40.1 Å². The minimum absolute atomic E-state index is 0. The van der Waals surface area contributed by atoms with Crippen molar-refractivity contribution in [3.8, 4) is 0 Å². The van der Waals surface area contributed by atoms with E-state index in [4.69, 9.17) is 0 Å². The van der Waals surface area contributed by atoms with Crippen LogP contribution in [0.25, 0.3) is 8.25 Å². The van der Waals surface area contributed by atoms with Crippen molar-refractivity contribution in [3.63, 3.8) is 0 Å². The van der Waals surface area contributed by atoms with Crippen LogP contribution in [0.1, 0.15) is 0 Å². The summed E-state index contributed by atoms with van der Waals surface area (Å²) in [6.45, 7) is 0. The van der Waals surface area contributed by atoms with Gasteiger partial charge in [-0.15, -0.1) is 0 Å². The Balaban J connectivity index is -0.000000490. The Bertz CT molecular complexity index is 862. The molecule has 0 spiro atoms. The van der Waals surface area contributed by atoms with Crippen molar-refractivity contribution in [2.75, 3.05) is 0 Å². The normalized spacial score (nSPS) is 14.8. The second-order valence-electron chi connectivity index (χ2n) is 3.83. The van der Waals surface area contributed by atoms with Gasteiger partial charge in [0.05, 0.1) is 0 Å². The molecule has 0 atom stereocenters. The first-order chi connectivity index (χ1) is 12.4. The molecule has 0 aliphatic carbocycles. The topological polar surface area (TPSA) is 165 Å². The molecule has 10 nitrogen and oxygen atoms in total. The first-order valence-electron chi connectivity index (χ1n) is 5.15. The van der Waals surface area contributed by atoms with Gasteiger partial charge in [-0.3, -0.25) is 0 Å². The van der Waals surface area contributed by atoms with E-state index < -0.39 is 62.1 Å². The van der Waals surface area contributed by atoms with Gasteiger partial charge < -0.3 is 8.25 Å². The molecule has 0 rings (SSSR count). The number of nitrogens with zero attached hydrogens (tertiary/aromatic N) is 2. The van der Waals surface area contributed by atoms with Gasteiger partial charge in [-0.25, -0.2) is 33.7 Å². The summed E-state index contributed by atoms with van der Waals surface area (Å²) in [7, 11) is -26.9. The summed E-state index contributed by atoms with van der Waals surface area (Å²) in [5.74, 6) is 0. The number of sulfonamides is 4. The van der Waals surface area contributed by atoms with Crippen LogP contribution in [0.5, 0.6) is 0 Å². The fraction of sp³-hybridized carbons (Fsp3) is 1.00. The molecular formula is C4CoF12N2O8S4. The van der Waals surface area contributed by atoms with Crippen molar-refractivity contribution in [1.29, 1.82) is 0 Å². The molecule has 31 heavy (non-hydrogen) atoms. The average molecular weight is 619 g/mol. The molecule has 27 heteroatoms. The minimum Gasteiger partial charge on any atom is -0.421 e. The molecule has 0 aliphatic rings. The van der Waals surface area contributed by atoms with Gasteiger partial charge in [-0.2, -0.15) is 52.7 Å². The predicted molar refractivity (Wildman–Crippen MR) is 66.6 cm³/mol. The molecule has 0 amide bonds. The zero-order valence-electron chi connectivity index (χ0n) is 12.7. The molecule has 0 saturated carbocycles. The van der Waals surface area contributed by atoms with E-state index in [0.717, 1.165) is 8.25 Å². The van der Waals surface area contributed by atoms with Crippen LogP contribution in [0.3, 0.4) is 0 Å². The Morgan fingerprint density at radius 3 is 0.516 bits per heavy atom. The quantitative estimate of drug-likeness (QED) is 0.432. The van der Waals surface area contributed by atoms with Gasteiger partial charge in [0.15, 0.2) is 40.1 Å². The molecule has 0 bridgehead atoms. The predicted octanol–water partition coefficient (Wildman–Crippen LogP) is 2.12. The van der Waals surface area contributed by atoms with Gasteiger partial charge in [0, 0.05) is 0 Å². The number of halogens is 12. The van der Waals surface area contributed by atoms with Crippen molar-refractivity contribution in [3.05, 3.63) is 8.25 Å². The third-order valence-electron chi connectivity index (χ3n) is 1.56. The average Bonchev–Trinajstić information content (AvgIpc) is 2.30. The van der Waals surface area contributed by atoms with Gasteiger partial charge in [-0.05, 0) is 0 Å². The Hall–Kier alpha value is -0.614. The van der Waals surface area contributed by atoms with Crippen LogP contribution in [-0.4, -0.2) is 55.7 Å². The minimum atomic E-state index is -6.72. The van der Waals surface area contributed by atoms with Gasteiger partial charge in [0.25, 0.3) is 0 Å². The van der Waals surface area contributed by atoms with E-state index in [1.807, 2.05) is 0 Å². The first-order valence-corrected chi connectivity index (χ1v) is 10.9. The summed E-state index contributed by atoms with van der Waals surface area (Å²) in [6.07, 6.45) is 0. The van der Waals surface area contributed by atoms with Gasteiger partial charge in [0.1, 0.15) is 0 Å². The number of alkyl halides is 12. The maximum absolute atomic E-state index is 11.4. The standard InChI is InChI=1S/2C2F6NO4S2.Co/c2*3-1(4,5)14(10,11)9-15(12,13)2(6,7)8;/q2*-1;+2. The van der Waals surface area contributed by atoms with Crippen LogP contribution in [0.15, 0.2) is 0 Å². The zero-order valence-corrected chi connectivity index (χ0v) is 17.0. The van der Waals surface area contributed by atoms with E-state index in [-0.39, 0.29) is 16.8 Å².